The first-order valence-corrected chi connectivity index (χ1v) is 13.0. The highest BCUT2D eigenvalue weighted by atomic mass is 32.2. The van der Waals surface area contributed by atoms with Crippen LogP contribution >= 0.6 is 0 Å². The molecule has 0 spiro atoms. The summed E-state index contributed by atoms with van der Waals surface area (Å²) in [5.41, 5.74) is 1.80. The van der Waals surface area contributed by atoms with Crippen LogP contribution in [0.3, 0.4) is 0 Å². The number of benzene rings is 3. The molecule has 186 valence electrons. The van der Waals surface area contributed by atoms with E-state index < -0.39 is 27.9 Å². The highest BCUT2D eigenvalue weighted by Gasteiger charge is 2.41. The lowest BCUT2D eigenvalue weighted by Crippen LogP contribution is -2.50. The van der Waals surface area contributed by atoms with Crippen LogP contribution in [-0.2, 0) is 32.6 Å². The Bertz CT molecular complexity index is 1360. The quantitative estimate of drug-likeness (QED) is 0.482. The number of sulfonamides is 1. The molecule has 3 amide bonds. The zero-order valence-electron chi connectivity index (χ0n) is 19.8. The third-order valence-corrected chi connectivity index (χ3v) is 7.99. The number of hydrogen-bond acceptors (Lipinski definition) is 5. The van der Waals surface area contributed by atoms with Gasteiger partial charge >= 0.3 is 0 Å². The van der Waals surface area contributed by atoms with Crippen molar-refractivity contribution in [3.63, 3.8) is 0 Å². The lowest BCUT2D eigenvalue weighted by atomic mass is 10.0. The summed E-state index contributed by atoms with van der Waals surface area (Å²) in [7, 11) is -2.52. The zero-order valence-corrected chi connectivity index (χ0v) is 20.6. The first kappa shape index (κ1) is 25.1. The molecule has 1 atom stereocenters. The molecule has 0 unspecified atom stereocenters. The summed E-state index contributed by atoms with van der Waals surface area (Å²) < 4.78 is 26.6. The molecule has 0 radical (unpaired) electrons. The summed E-state index contributed by atoms with van der Waals surface area (Å²) >= 11 is 0. The highest BCUT2D eigenvalue weighted by molar-refractivity contribution is 7.90. The van der Waals surface area contributed by atoms with Crippen LogP contribution in [0.15, 0.2) is 89.8 Å². The van der Waals surface area contributed by atoms with Crippen molar-refractivity contribution in [3.8, 4) is 0 Å². The van der Waals surface area contributed by atoms with Gasteiger partial charge in [-0.1, -0.05) is 72.8 Å². The number of nitrogens with one attached hydrogen (secondary N) is 1. The van der Waals surface area contributed by atoms with Crippen LogP contribution in [0.25, 0.3) is 0 Å². The standard InChI is InChI=1S/C27H27N3O5S/c1-28-26(32)23(18-20-10-4-2-5-11-20)29(19-21-12-6-3-7-13-21)25(31)16-17-30-27(33)22-14-8-9-15-24(22)36(30,34)35/h2-15,23H,16-19H2,1H3,(H,28,32)/t23-/m1/s1. The van der Waals surface area contributed by atoms with E-state index in [-0.39, 0.29) is 42.3 Å². The van der Waals surface area contributed by atoms with Gasteiger partial charge in [0.1, 0.15) is 10.9 Å². The number of rotatable bonds is 9. The van der Waals surface area contributed by atoms with Gasteiger partial charge in [0.05, 0.1) is 5.56 Å². The summed E-state index contributed by atoms with van der Waals surface area (Å²) in [5, 5.41) is 2.64. The molecule has 36 heavy (non-hydrogen) atoms. The molecule has 9 heteroatoms. The number of amides is 3. The van der Waals surface area contributed by atoms with Gasteiger partial charge in [-0.3, -0.25) is 14.4 Å². The first-order valence-electron chi connectivity index (χ1n) is 11.6. The number of hydrogen-bond donors (Lipinski definition) is 1. The molecule has 0 bridgehead atoms. The SMILES string of the molecule is CNC(=O)[C@@H](Cc1ccccc1)N(Cc1ccccc1)C(=O)CCN1C(=O)c2ccccc2S1(=O)=O. The van der Waals surface area contributed by atoms with Crippen LogP contribution in [0, 0.1) is 0 Å². The van der Waals surface area contributed by atoms with Crippen molar-refractivity contribution >= 4 is 27.7 Å². The Kier molecular flexibility index (Phi) is 7.49. The van der Waals surface area contributed by atoms with Gasteiger partial charge in [-0.05, 0) is 23.3 Å². The van der Waals surface area contributed by atoms with Crippen LogP contribution < -0.4 is 5.32 Å². The van der Waals surface area contributed by atoms with Gasteiger partial charge in [0.15, 0.2) is 0 Å². The topological polar surface area (TPSA) is 104 Å². The molecule has 0 aliphatic carbocycles. The summed E-state index contributed by atoms with van der Waals surface area (Å²) in [6.45, 7) is -0.155. The van der Waals surface area contributed by atoms with Crippen molar-refractivity contribution < 1.29 is 22.8 Å². The van der Waals surface area contributed by atoms with Gasteiger partial charge in [0.25, 0.3) is 15.9 Å². The fraction of sp³-hybridized carbons (Fsp3) is 0.222. The molecule has 4 rings (SSSR count). The van der Waals surface area contributed by atoms with E-state index in [4.69, 9.17) is 0 Å². The van der Waals surface area contributed by atoms with E-state index in [1.165, 1.54) is 24.1 Å². The number of likely N-dealkylation sites (N-methyl/N-ethyl adjacent to an activating group) is 1. The predicted molar refractivity (Wildman–Crippen MR) is 134 cm³/mol. The molecule has 3 aromatic rings. The Morgan fingerprint density at radius 3 is 2.08 bits per heavy atom. The molecule has 1 heterocycles. The van der Waals surface area contributed by atoms with E-state index in [1.54, 1.807) is 12.1 Å². The van der Waals surface area contributed by atoms with E-state index in [1.807, 2.05) is 60.7 Å². The lowest BCUT2D eigenvalue weighted by Gasteiger charge is -2.31. The molecule has 1 N–H and O–H groups in total. The van der Waals surface area contributed by atoms with Crippen LogP contribution in [0.2, 0.25) is 0 Å². The zero-order chi connectivity index (χ0) is 25.7. The van der Waals surface area contributed by atoms with Gasteiger partial charge in [0.2, 0.25) is 11.8 Å². The van der Waals surface area contributed by atoms with Crippen molar-refractivity contribution in [3.05, 3.63) is 102 Å². The maximum atomic E-state index is 13.6. The summed E-state index contributed by atoms with van der Waals surface area (Å²) in [5.74, 6) is -1.41. The van der Waals surface area contributed by atoms with Crippen molar-refractivity contribution in [1.29, 1.82) is 0 Å². The summed E-state index contributed by atoms with van der Waals surface area (Å²) in [6, 6.07) is 23.8. The maximum absolute atomic E-state index is 13.6. The Morgan fingerprint density at radius 1 is 0.889 bits per heavy atom. The third-order valence-electron chi connectivity index (χ3n) is 6.15. The van der Waals surface area contributed by atoms with Gasteiger partial charge in [0, 0.05) is 33.0 Å². The summed E-state index contributed by atoms with van der Waals surface area (Å²) in [4.78, 5) is 40.7. The first-order chi connectivity index (χ1) is 17.3. The monoisotopic (exact) mass is 505 g/mol. The normalized spacial score (nSPS) is 14.7. The molecule has 1 aliphatic heterocycles. The molecular weight excluding hydrogens is 478 g/mol. The minimum atomic E-state index is -4.03. The highest BCUT2D eigenvalue weighted by Crippen LogP contribution is 2.30. The molecular formula is C27H27N3O5S. The third kappa shape index (κ3) is 5.16. The number of fused-ring (bicyclic) bond motifs is 1. The molecule has 3 aromatic carbocycles. The number of nitrogens with zero attached hydrogens (tertiary/aromatic N) is 2. The predicted octanol–water partition coefficient (Wildman–Crippen LogP) is 2.61. The molecule has 8 nitrogen and oxygen atoms in total. The molecule has 0 fully saturated rings. The molecule has 0 saturated carbocycles. The molecule has 1 aliphatic rings. The second kappa shape index (κ2) is 10.7. The van der Waals surface area contributed by atoms with Gasteiger partial charge < -0.3 is 10.2 Å². The van der Waals surface area contributed by atoms with Crippen LogP contribution in [0.4, 0.5) is 0 Å². The fourth-order valence-corrected chi connectivity index (χ4v) is 5.86. The number of carbonyl (C=O) groups is 3. The smallest absolute Gasteiger partial charge is 0.269 e. The second-order valence-corrected chi connectivity index (χ2v) is 10.3. The molecule has 0 aromatic heterocycles. The van der Waals surface area contributed by atoms with Crippen molar-refractivity contribution in [1.82, 2.24) is 14.5 Å². The van der Waals surface area contributed by atoms with Crippen LogP contribution in [0.1, 0.15) is 27.9 Å². The Labute approximate surface area is 210 Å². The summed E-state index contributed by atoms with van der Waals surface area (Å²) in [6.07, 6.45) is 0.0273. The average Bonchev–Trinajstić information content (AvgIpc) is 3.10. The minimum Gasteiger partial charge on any atom is -0.357 e. The van der Waals surface area contributed by atoms with Gasteiger partial charge in [-0.25, -0.2) is 12.7 Å². The Hall–Kier alpha value is -3.98. The van der Waals surface area contributed by atoms with Crippen LogP contribution in [-0.4, -0.2) is 55.0 Å². The Balaban J connectivity index is 1.60. The lowest BCUT2D eigenvalue weighted by molar-refractivity contribution is -0.141. The van der Waals surface area contributed by atoms with Crippen molar-refractivity contribution in [2.45, 2.75) is 30.3 Å². The average molecular weight is 506 g/mol. The molecule has 0 saturated heterocycles. The minimum absolute atomic E-state index is 0.0593. The second-order valence-electron chi connectivity index (χ2n) is 8.46. The van der Waals surface area contributed by atoms with Crippen LogP contribution in [0.5, 0.6) is 0 Å². The van der Waals surface area contributed by atoms with E-state index in [2.05, 4.69) is 5.32 Å². The van der Waals surface area contributed by atoms with Crippen molar-refractivity contribution in [2.75, 3.05) is 13.6 Å². The van der Waals surface area contributed by atoms with E-state index in [9.17, 15) is 22.8 Å². The van der Waals surface area contributed by atoms with Gasteiger partial charge in [-0.15, -0.1) is 0 Å². The number of carbonyl (C=O) groups excluding carboxylic acids is 3. The largest absolute Gasteiger partial charge is 0.357 e. The van der Waals surface area contributed by atoms with Crippen molar-refractivity contribution in [2.24, 2.45) is 0 Å². The fourth-order valence-electron chi connectivity index (χ4n) is 4.29. The Morgan fingerprint density at radius 2 is 1.47 bits per heavy atom. The van der Waals surface area contributed by atoms with E-state index in [0.717, 1.165) is 15.4 Å². The maximum Gasteiger partial charge on any atom is 0.269 e. The van der Waals surface area contributed by atoms with E-state index >= 15 is 0 Å². The van der Waals surface area contributed by atoms with Gasteiger partial charge in [-0.2, -0.15) is 0 Å². The van der Waals surface area contributed by atoms with E-state index in [0.29, 0.717) is 0 Å².